The molecule has 0 saturated heterocycles. The molecule has 0 unspecified atom stereocenters. The number of anilines is 2. The van der Waals surface area contributed by atoms with Gasteiger partial charge in [0.05, 0.1) is 0 Å². The highest BCUT2D eigenvalue weighted by Gasteiger charge is 2.14. The normalized spacial score (nSPS) is 11.9. The molecule has 0 atom stereocenters. The average molecular weight is 376 g/mol. The van der Waals surface area contributed by atoms with E-state index in [1.54, 1.807) is 6.07 Å². The van der Waals surface area contributed by atoms with E-state index in [-0.39, 0.29) is 12.7 Å². The monoisotopic (exact) mass is 376 g/mol. The van der Waals surface area contributed by atoms with E-state index in [1.165, 1.54) is 11.9 Å². The first-order valence-corrected chi connectivity index (χ1v) is 8.91. The second kappa shape index (κ2) is 7.56. The van der Waals surface area contributed by atoms with Crippen LogP contribution in [0, 0.1) is 13.8 Å². The maximum Gasteiger partial charge on any atom is 0.270 e. The van der Waals surface area contributed by atoms with Gasteiger partial charge in [0.2, 0.25) is 6.79 Å². The van der Waals surface area contributed by atoms with E-state index in [4.69, 9.17) is 9.47 Å². The van der Waals surface area contributed by atoms with Crippen LogP contribution in [0.25, 0.3) is 0 Å². The lowest BCUT2D eigenvalue weighted by Gasteiger charge is -2.10. The lowest BCUT2D eigenvalue weighted by molar-refractivity contribution is 0.0945. The Bertz CT molecular complexity index is 1040. The number of fused-ring (bicyclic) bond motifs is 1. The van der Waals surface area contributed by atoms with E-state index < -0.39 is 0 Å². The minimum absolute atomic E-state index is 0.225. The van der Waals surface area contributed by atoms with Crippen LogP contribution in [-0.4, -0.2) is 22.7 Å². The van der Waals surface area contributed by atoms with E-state index in [2.05, 4.69) is 26.7 Å². The zero-order valence-corrected chi connectivity index (χ0v) is 15.7. The van der Waals surface area contributed by atoms with Gasteiger partial charge in [-0.05, 0) is 43.2 Å². The summed E-state index contributed by atoms with van der Waals surface area (Å²) in [5.41, 5.74) is 4.45. The lowest BCUT2D eigenvalue weighted by Crippen LogP contribution is -2.24. The largest absolute Gasteiger partial charge is 0.454 e. The van der Waals surface area contributed by atoms with Gasteiger partial charge in [0, 0.05) is 18.3 Å². The fourth-order valence-corrected chi connectivity index (χ4v) is 2.97. The number of amides is 1. The number of benzene rings is 2. The molecule has 2 aromatic carbocycles. The van der Waals surface area contributed by atoms with Crippen LogP contribution in [0.1, 0.15) is 27.2 Å². The maximum absolute atomic E-state index is 12.5. The molecule has 4 rings (SSSR count). The third kappa shape index (κ3) is 3.88. The van der Waals surface area contributed by atoms with Crippen LogP contribution in [0.15, 0.2) is 48.8 Å². The Morgan fingerprint density at radius 2 is 1.89 bits per heavy atom. The summed E-state index contributed by atoms with van der Waals surface area (Å²) in [7, 11) is 0. The third-order valence-corrected chi connectivity index (χ3v) is 4.43. The Labute approximate surface area is 162 Å². The summed E-state index contributed by atoms with van der Waals surface area (Å²) < 4.78 is 10.6. The van der Waals surface area contributed by atoms with Gasteiger partial charge in [0.25, 0.3) is 5.91 Å². The summed E-state index contributed by atoms with van der Waals surface area (Å²) in [6.07, 6.45) is 1.38. The van der Waals surface area contributed by atoms with E-state index in [0.717, 1.165) is 16.8 Å². The molecule has 1 aliphatic heterocycles. The Balaban J connectivity index is 1.42. The highest BCUT2D eigenvalue weighted by atomic mass is 16.7. The van der Waals surface area contributed by atoms with E-state index in [9.17, 15) is 4.79 Å². The number of aryl methyl sites for hydroxylation is 2. The molecule has 2 N–H and O–H groups in total. The zero-order valence-electron chi connectivity index (χ0n) is 15.7. The number of carbonyl (C=O) groups excluding carboxylic acids is 1. The van der Waals surface area contributed by atoms with E-state index in [1.807, 2.05) is 44.2 Å². The number of hydrogen-bond acceptors (Lipinski definition) is 6. The summed E-state index contributed by atoms with van der Waals surface area (Å²) in [5.74, 6) is 1.70. The first-order chi connectivity index (χ1) is 13.6. The first-order valence-electron chi connectivity index (χ1n) is 8.91. The second-order valence-corrected chi connectivity index (χ2v) is 6.60. The number of rotatable bonds is 5. The van der Waals surface area contributed by atoms with Crippen LogP contribution in [0.2, 0.25) is 0 Å². The van der Waals surface area contributed by atoms with Gasteiger partial charge in [-0.1, -0.05) is 23.8 Å². The Morgan fingerprint density at radius 3 is 2.75 bits per heavy atom. The summed E-state index contributed by atoms with van der Waals surface area (Å²) in [6.45, 7) is 4.65. The molecule has 2 heterocycles. The molecule has 28 heavy (non-hydrogen) atoms. The molecule has 0 spiro atoms. The van der Waals surface area contributed by atoms with Gasteiger partial charge < -0.3 is 20.1 Å². The maximum atomic E-state index is 12.5. The summed E-state index contributed by atoms with van der Waals surface area (Å²) in [4.78, 5) is 20.8. The molecule has 0 bridgehead atoms. The van der Waals surface area contributed by atoms with Gasteiger partial charge in [0.1, 0.15) is 17.8 Å². The summed E-state index contributed by atoms with van der Waals surface area (Å²) in [6, 6.07) is 13.3. The highest BCUT2D eigenvalue weighted by molar-refractivity contribution is 5.93. The van der Waals surface area contributed by atoms with Crippen LogP contribution in [0.5, 0.6) is 11.5 Å². The first kappa shape index (κ1) is 17.8. The third-order valence-electron chi connectivity index (χ3n) is 4.43. The number of nitrogens with zero attached hydrogens (tertiary/aromatic N) is 2. The van der Waals surface area contributed by atoms with Crippen molar-refractivity contribution in [1.82, 2.24) is 15.3 Å². The molecule has 7 heteroatoms. The van der Waals surface area contributed by atoms with Crippen molar-refractivity contribution in [2.45, 2.75) is 20.4 Å². The topological polar surface area (TPSA) is 85.4 Å². The predicted molar refractivity (Wildman–Crippen MR) is 105 cm³/mol. The van der Waals surface area contributed by atoms with Gasteiger partial charge in [-0.15, -0.1) is 0 Å². The van der Waals surface area contributed by atoms with Gasteiger partial charge >= 0.3 is 0 Å². The smallest absolute Gasteiger partial charge is 0.270 e. The molecule has 0 radical (unpaired) electrons. The van der Waals surface area contributed by atoms with Crippen molar-refractivity contribution >= 4 is 17.4 Å². The van der Waals surface area contributed by atoms with Crippen molar-refractivity contribution in [3.63, 3.8) is 0 Å². The standard InChI is InChI=1S/C21H20N4O3/c1-13-3-5-16(14(2)7-13)25-20-9-17(23-11-24-20)21(26)22-10-15-4-6-18-19(8-15)28-12-27-18/h3-9,11H,10,12H2,1-2H3,(H,22,26)(H,23,24,25). The van der Waals surface area contributed by atoms with Gasteiger partial charge in [-0.2, -0.15) is 0 Å². The second-order valence-electron chi connectivity index (χ2n) is 6.60. The van der Waals surface area contributed by atoms with Crippen molar-refractivity contribution in [2.24, 2.45) is 0 Å². The molecule has 3 aromatic rings. The van der Waals surface area contributed by atoms with Crippen LogP contribution in [-0.2, 0) is 6.54 Å². The lowest BCUT2D eigenvalue weighted by atomic mass is 10.1. The Morgan fingerprint density at radius 1 is 1.04 bits per heavy atom. The van der Waals surface area contributed by atoms with Gasteiger partial charge in [-0.3, -0.25) is 4.79 Å². The van der Waals surface area contributed by atoms with Crippen LogP contribution >= 0.6 is 0 Å². The van der Waals surface area contributed by atoms with Crippen LogP contribution in [0.4, 0.5) is 11.5 Å². The molecule has 7 nitrogen and oxygen atoms in total. The average Bonchev–Trinajstić information content (AvgIpc) is 3.16. The fraction of sp³-hybridized carbons (Fsp3) is 0.190. The van der Waals surface area contributed by atoms with Crippen molar-refractivity contribution in [1.29, 1.82) is 0 Å². The van der Waals surface area contributed by atoms with E-state index >= 15 is 0 Å². The Hall–Kier alpha value is -3.61. The molecule has 1 aliphatic rings. The molecule has 0 fully saturated rings. The molecule has 0 saturated carbocycles. The Kier molecular flexibility index (Phi) is 4.80. The minimum atomic E-state index is -0.274. The number of nitrogens with one attached hydrogen (secondary N) is 2. The SMILES string of the molecule is Cc1ccc(Nc2cc(C(=O)NCc3ccc4c(c3)OCO4)ncn2)c(C)c1. The predicted octanol–water partition coefficient (Wildman–Crippen LogP) is 3.50. The van der Waals surface area contributed by atoms with Gasteiger partial charge in [0.15, 0.2) is 11.5 Å². The fourth-order valence-electron chi connectivity index (χ4n) is 2.97. The minimum Gasteiger partial charge on any atom is -0.454 e. The quantitative estimate of drug-likeness (QED) is 0.709. The molecule has 142 valence electrons. The molecular formula is C21H20N4O3. The summed E-state index contributed by atoms with van der Waals surface area (Å²) in [5, 5.41) is 6.10. The van der Waals surface area contributed by atoms with Crippen molar-refractivity contribution < 1.29 is 14.3 Å². The van der Waals surface area contributed by atoms with Crippen molar-refractivity contribution in [3.05, 3.63) is 71.2 Å². The number of hydrogen-bond donors (Lipinski definition) is 2. The molecule has 0 aliphatic carbocycles. The van der Waals surface area contributed by atoms with E-state index in [0.29, 0.717) is 29.6 Å². The number of carbonyl (C=O) groups is 1. The zero-order chi connectivity index (χ0) is 19.5. The van der Waals surface area contributed by atoms with Gasteiger partial charge in [-0.25, -0.2) is 9.97 Å². The van der Waals surface area contributed by atoms with Crippen LogP contribution in [0.3, 0.4) is 0 Å². The molecular weight excluding hydrogens is 356 g/mol. The number of ether oxygens (including phenoxy) is 2. The highest BCUT2D eigenvalue weighted by Crippen LogP contribution is 2.32. The summed E-state index contributed by atoms with van der Waals surface area (Å²) >= 11 is 0. The molecule has 1 amide bonds. The van der Waals surface area contributed by atoms with Crippen molar-refractivity contribution in [2.75, 3.05) is 12.1 Å². The van der Waals surface area contributed by atoms with Crippen molar-refractivity contribution in [3.8, 4) is 11.5 Å². The molecule has 1 aromatic heterocycles. The van der Waals surface area contributed by atoms with Crippen LogP contribution < -0.4 is 20.1 Å². The number of aromatic nitrogens is 2.